The molecule has 0 saturated carbocycles. The fourth-order valence-corrected chi connectivity index (χ4v) is 1.33. The van der Waals surface area contributed by atoms with E-state index in [1.165, 1.54) is 7.11 Å². The Morgan fingerprint density at radius 2 is 2.58 bits per heavy atom. The molecule has 70 valence electrons. The highest BCUT2D eigenvalue weighted by molar-refractivity contribution is 5.69. The van der Waals surface area contributed by atoms with Gasteiger partial charge in [-0.05, 0) is 6.42 Å². The Labute approximate surface area is 72.0 Å². The fourth-order valence-electron chi connectivity index (χ4n) is 1.33. The molecule has 0 aliphatic carbocycles. The molecule has 0 spiro atoms. The first-order chi connectivity index (χ1) is 5.74. The van der Waals surface area contributed by atoms with E-state index in [4.69, 9.17) is 10.5 Å². The van der Waals surface area contributed by atoms with Crippen LogP contribution in [0.5, 0.6) is 0 Å². The van der Waals surface area contributed by atoms with Crippen molar-refractivity contribution in [2.45, 2.75) is 18.9 Å². The number of ether oxygens (including phenoxy) is 2. The number of esters is 1. The second-order valence-electron chi connectivity index (χ2n) is 3.07. The quantitative estimate of drug-likeness (QED) is 0.606. The van der Waals surface area contributed by atoms with Gasteiger partial charge in [0.15, 0.2) is 0 Å². The van der Waals surface area contributed by atoms with E-state index >= 15 is 0 Å². The van der Waals surface area contributed by atoms with Gasteiger partial charge in [-0.15, -0.1) is 0 Å². The topological polar surface area (TPSA) is 61.5 Å². The third-order valence-electron chi connectivity index (χ3n) is 2.20. The number of rotatable bonds is 3. The third kappa shape index (κ3) is 2.46. The molecular formula is C8H15NO3. The first-order valence-electron chi connectivity index (χ1n) is 4.14. The van der Waals surface area contributed by atoms with Crippen LogP contribution in [0, 0.1) is 5.92 Å². The first-order valence-corrected chi connectivity index (χ1v) is 4.14. The van der Waals surface area contributed by atoms with Gasteiger partial charge in [-0.2, -0.15) is 0 Å². The van der Waals surface area contributed by atoms with Crippen molar-refractivity contribution in [3.8, 4) is 0 Å². The molecule has 4 heteroatoms. The van der Waals surface area contributed by atoms with Crippen molar-refractivity contribution >= 4 is 5.97 Å². The summed E-state index contributed by atoms with van der Waals surface area (Å²) in [6.07, 6.45) is 1.25. The van der Waals surface area contributed by atoms with Gasteiger partial charge < -0.3 is 15.2 Å². The van der Waals surface area contributed by atoms with Gasteiger partial charge >= 0.3 is 5.97 Å². The molecule has 0 aromatic carbocycles. The van der Waals surface area contributed by atoms with Crippen molar-refractivity contribution in [2.75, 3.05) is 20.3 Å². The highest BCUT2D eigenvalue weighted by Gasteiger charge is 2.24. The molecule has 0 bridgehead atoms. The van der Waals surface area contributed by atoms with Crippen molar-refractivity contribution in [3.05, 3.63) is 0 Å². The molecule has 0 radical (unpaired) electrons. The summed E-state index contributed by atoms with van der Waals surface area (Å²) in [6.45, 7) is 1.44. The predicted octanol–water partition coefficient (Wildman–Crippen LogP) is -0.0867. The third-order valence-corrected chi connectivity index (χ3v) is 2.20. The zero-order chi connectivity index (χ0) is 8.97. The normalized spacial score (nSPS) is 25.3. The second-order valence-corrected chi connectivity index (χ2v) is 3.07. The van der Waals surface area contributed by atoms with Crippen molar-refractivity contribution < 1.29 is 14.3 Å². The lowest BCUT2D eigenvalue weighted by molar-refractivity contribution is -0.141. The van der Waals surface area contributed by atoms with Gasteiger partial charge in [0.25, 0.3) is 0 Å². The first kappa shape index (κ1) is 9.48. The summed E-state index contributed by atoms with van der Waals surface area (Å²) >= 11 is 0. The molecule has 1 unspecified atom stereocenters. The van der Waals surface area contributed by atoms with E-state index in [0.29, 0.717) is 18.9 Å². The van der Waals surface area contributed by atoms with Crippen LogP contribution in [-0.2, 0) is 14.3 Å². The molecule has 1 fully saturated rings. The molecule has 2 N–H and O–H groups in total. The number of hydrogen-bond acceptors (Lipinski definition) is 4. The molecule has 1 saturated heterocycles. The lowest BCUT2D eigenvalue weighted by Crippen LogP contribution is -2.33. The van der Waals surface area contributed by atoms with E-state index in [1.54, 1.807) is 0 Å². The van der Waals surface area contributed by atoms with E-state index in [1.807, 2.05) is 0 Å². The van der Waals surface area contributed by atoms with Gasteiger partial charge in [0.2, 0.25) is 0 Å². The Morgan fingerprint density at radius 3 is 3.08 bits per heavy atom. The van der Waals surface area contributed by atoms with E-state index in [-0.39, 0.29) is 12.0 Å². The monoisotopic (exact) mass is 173 g/mol. The number of carbonyl (C=O) groups is 1. The predicted molar refractivity (Wildman–Crippen MR) is 43.5 cm³/mol. The number of carbonyl (C=O) groups excluding carboxylic acids is 1. The van der Waals surface area contributed by atoms with E-state index < -0.39 is 0 Å². The smallest absolute Gasteiger partial charge is 0.307 e. The molecule has 1 heterocycles. The highest BCUT2D eigenvalue weighted by atomic mass is 16.5. The van der Waals surface area contributed by atoms with Crippen LogP contribution >= 0.6 is 0 Å². The van der Waals surface area contributed by atoms with Gasteiger partial charge in [-0.3, -0.25) is 4.79 Å². The molecule has 12 heavy (non-hydrogen) atoms. The van der Waals surface area contributed by atoms with Crippen LogP contribution in [0.4, 0.5) is 0 Å². The summed E-state index contributed by atoms with van der Waals surface area (Å²) in [7, 11) is 1.38. The SMILES string of the molecule is COC(=O)C[C@@H](N)C1CCOC1. The zero-order valence-electron chi connectivity index (χ0n) is 7.29. The summed E-state index contributed by atoms with van der Waals surface area (Å²) in [4.78, 5) is 10.8. The van der Waals surface area contributed by atoms with Gasteiger partial charge in [0, 0.05) is 18.6 Å². The average Bonchev–Trinajstić information content (AvgIpc) is 2.56. The van der Waals surface area contributed by atoms with Crippen LogP contribution in [-0.4, -0.2) is 32.3 Å². The molecule has 1 rings (SSSR count). The van der Waals surface area contributed by atoms with Crippen LogP contribution in [0.1, 0.15) is 12.8 Å². The van der Waals surface area contributed by atoms with Crippen LogP contribution in [0.25, 0.3) is 0 Å². The van der Waals surface area contributed by atoms with Gasteiger partial charge in [0.05, 0.1) is 20.1 Å². The zero-order valence-corrected chi connectivity index (χ0v) is 7.29. The molecule has 0 amide bonds. The highest BCUT2D eigenvalue weighted by Crippen LogP contribution is 2.17. The van der Waals surface area contributed by atoms with Crippen molar-refractivity contribution in [2.24, 2.45) is 11.7 Å². The summed E-state index contributed by atoms with van der Waals surface area (Å²) in [5.41, 5.74) is 5.77. The molecule has 1 aliphatic rings. The molecule has 4 nitrogen and oxygen atoms in total. The lowest BCUT2D eigenvalue weighted by atomic mass is 9.97. The molecular weight excluding hydrogens is 158 g/mol. The minimum Gasteiger partial charge on any atom is -0.469 e. The molecule has 2 atom stereocenters. The minimum absolute atomic E-state index is 0.111. The van der Waals surface area contributed by atoms with Gasteiger partial charge in [0.1, 0.15) is 0 Å². The summed E-state index contributed by atoms with van der Waals surface area (Å²) in [5.74, 6) is 0.0819. The summed E-state index contributed by atoms with van der Waals surface area (Å²) < 4.78 is 9.68. The van der Waals surface area contributed by atoms with Crippen molar-refractivity contribution in [1.29, 1.82) is 0 Å². The second kappa shape index (κ2) is 4.42. The van der Waals surface area contributed by atoms with E-state index in [2.05, 4.69) is 4.74 Å². The van der Waals surface area contributed by atoms with E-state index in [9.17, 15) is 4.79 Å². The number of methoxy groups -OCH3 is 1. The Morgan fingerprint density at radius 1 is 1.83 bits per heavy atom. The maximum Gasteiger partial charge on any atom is 0.307 e. The fraction of sp³-hybridized carbons (Fsp3) is 0.875. The van der Waals surface area contributed by atoms with Gasteiger partial charge in [-0.1, -0.05) is 0 Å². The van der Waals surface area contributed by atoms with Crippen LogP contribution in [0.2, 0.25) is 0 Å². The average molecular weight is 173 g/mol. The summed E-state index contributed by atoms with van der Waals surface area (Å²) in [5, 5.41) is 0. The molecule has 0 aromatic rings. The number of nitrogens with two attached hydrogens (primary N) is 1. The Balaban J connectivity index is 2.26. The molecule has 1 aliphatic heterocycles. The van der Waals surface area contributed by atoms with Crippen LogP contribution in [0.3, 0.4) is 0 Å². The van der Waals surface area contributed by atoms with Crippen molar-refractivity contribution in [1.82, 2.24) is 0 Å². The van der Waals surface area contributed by atoms with Crippen molar-refractivity contribution in [3.63, 3.8) is 0 Å². The largest absolute Gasteiger partial charge is 0.469 e. The number of hydrogen-bond donors (Lipinski definition) is 1. The maximum atomic E-state index is 10.8. The van der Waals surface area contributed by atoms with E-state index in [0.717, 1.165) is 13.0 Å². The Kier molecular flexibility index (Phi) is 3.49. The molecule has 0 aromatic heterocycles. The Hall–Kier alpha value is -0.610. The van der Waals surface area contributed by atoms with Crippen LogP contribution < -0.4 is 5.73 Å². The standard InChI is InChI=1S/C8H15NO3/c1-11-8(10)4-7(9)6-2-3-12-5-6/h6-7H,2-5,9H2,1H3/t6?,7-/m1/s1. The lowest BCUT2D eigenvalue weighted by Gasteiger charge is -2.15. The Bertz CT molecular complexity index is 154. The minimum atomic E-state index is -0.241. The maximum absolute atomic E-state index is 10.8. The summed E-state index contributed by atoms with van der Waals surface area (Å²) in [6, 6.07) is -0.111. The van der Waals surface area contributed by atoms with Gasteiger partial charge in [-0.25, -0.2) is 0 Å². The van der Waals surface area contributed by atoms with Crippen LogP contribution in [0.15, 0.2) is 0 Å².